The molecule has 0 spiro atoms. The van der Waals surface area contributed by atoms with Crippen molar-refractivity contribution in [1.29, 1.82) is 0 Å². The minimum atomic E-state index is -0.294. The zero-order valence-corrected chi connectivity index (χ0v) is 14.6. The number of rotatable bonds is 7. The van der Waals surface area contributed by atoms with Crippen LogP contribution in [0.3, 0.4) is 0 Å². The quantitative estimate of drug-likeness (QED) is 0.598. The van der Waals surface area contributed by atoms with Crippen molar-refractivity contribution in [3.8, 4) is 11.4 Å². The maximum absolute atomic E-state index is 11.8. The highest BCUT2D eigenvalue weighted by Crippen LogP contribution is 2.16. The highest BCUT2D eigenvalue weighted by Gasteiger charge is 2.11. The van der Waals surface area contributed by atoms with Gasteiger partial charge in [-0.15, -0.1) is 0 Å². The van der Waals surface area contributed by atoms with Crippen molar-refractivity contribution in [2.75, 3.05) is 6.61 Å². The lowest BCUT2D eigenvalue weighted by Gasteiger charge is -1.99. The SMILES string of the molecule is Cc1ccc(-c2noc(CCC(=O)OC/C=C/c3ccccc3)n2)cc1. The molecule has 3 aromatic rings. The molecule has 5 heteroatoms. The number of nitrogens with zero attached hydrogens (tertiary/aromatic N) is 2. The van der Waals surface area contributed by atoms with E-state index in [-0.39, 0.29) is 19.0 Å². The normalized spacial score (nSPS) is 11.0. The summed E-state index contributed by atoms with van der Waals surface area (Å²) < 4.78 is 10.4. The fourth-order valence-corrected chi connectivity index (χ4v) is 2.35. The highest BCUT2D eigenvalue weighted by atomic mass is 16.5. The van der Waals surface area contributed by atoms with Crippen LogP contribution in [0.15, 0.2) is 65.2 Å². The van der Waals surface area contributed by atoms with Crippen molar-refractivity contribution in [2.45, 2.75) is 19.8 Å². The summed E-state index contributed by atoms with van der Waals surface area (Å²) in [6.07, 6.45) is 4.30. The van der Waals surface area contributed by atoms with Crippen LogP contribution in [0.1, 0.15) is 23.4 Å². The van der Waals surface area contributed by atoms with E-state index < -0.39 is 0 Å². The average Bonchev–Trinajstić information content (AvgIpc) is 3.14. The monoisotopic (exact) mass is 348 g/mol. The number of ether oxygens (including phenoxy) is 1. The highest BCUT2D eigenvalue weighted by molar-refractivity contribution is 5.69. The molecule has 0 radical (unpaired) electrons. The molecule has 1 heterocycles. The van der Waals surface area contributed by atoms with Crippen LogP contribution in [0.2, 0.25) is 0 Å². The average molecular weight is 348 g/mol. The standard InChI is InChI=1S/C21H20N2O3/c1-16-9-11-18(12-10-16)21-22-19(26-23-21)13-14-20(24)25-15-5-8-17-6-3-2-4-7-17/h2-12H,13-15H2,1H3/b8-5+. The van der Waals surface area contributed by atoms with Crippen LogP contribution in [0.4, 0.5) is 0 Å². The molecule has 2 aromatic carbocycles. The van der Waals surface area contributed by atoms with Gasteiger partial charge in [-0.2, -0.15) is 4.98 Å². The summed E-state index contributed by atoms with van der Waals surface area (Å²) in [4.78, 5) is 16.1. The zero-order chi connectivity index (χ0) is 18.2. The van der Waals surface area contributed by atoms with Gasteiger partial charge in [0.05, 0.1) is 6.42 Å². The van der Waals surface area contributed by atoms with Crippen molar-refractivity contribution < 1.29 is 14.1 Å². The second kappa shape index (κ2) is 8.76. The topological polar surface area (TPSA) is 65.2 Å². The molecule has 0 bridgehead atoms. The number of aryl methyl sites for hydroxylation is 2. The number of aromatic nitrogens is 2. The van der Waals surface area contributed by atoms with Crippen molar-refractivity contribution in [2.24, 2.45) is 0 Å². The van der Waals surface area contributed by atoms with E-state index in [0.717, 1.165) is 11.1 Å². The summed E-state index contributed by atoms with van der Waals surface area (Å²) in [5.41, 5.74) is 3.12. The lowest BCUT2D eigenvalue weighted by Crippen LogP contribution is -2.05. The van der Waals surface area contributed by atoms with Crippen molar-refractivity contribution >= 4 is 12.0 Å². The molecule has 0 aliphatic rings. The number of carbonyl (C=O) groups is 1. The number of hydrogen-bond acceptors (Lipinski definition) is 5. The molecule has 0 atom stereocenters. The zero-order valence-electron chi connectivity index (χ0n) is 14.6. The minimum Gasteiger partial charge on any atom is -0.461 e. The Morgan fingerprint density at radius 2 is 1.88 bits per heavy atom. The van der Waals surface area contributed by atoms with E-state index in [4.69, 9.17) is 9.26 Å². The summed E-state index contributed by atoms with van der Waals surface area (Å²) in [6, 6.07) is 17.7. The number of esters is 1. The van der Waals surface area contributed by atoms with Gasteiger partial charge in [0.15, 0.2) is 0 Å². The molecule has 0 unspecified atom stereocenters. The molecule has 3 rings (SSSR count). The molecule has 26 heavy (non-hydrogen) atoms. The Bertz CT molecular complexity index is 868. The molecule has 0 amide bonds. The number of hydrogen-bond donors (Lipinski definition) is 0. The fourth-order valence-electron chi connectivity index (χ4n) is 2.35. The van der Waals surface area contributed by atoms with Gasteiger partial charge in [0.25, 0.3) is 0 Å². The Morgan fingerprint density at radius 3 is 2.65 bits per heavy atom. The van der Waals surface area contributed by atoms with Gasteiger partial charge in [0, 0.05) is 12.0 Å². The molecule has 0 aliphatic heterocycles. The largest absolute Gasteiger partial charge is 0.461 e. The van der Waals surface area contributed by atoms with Gasteiger partial charge in [-0.25, -0.2) is 0 Å². The Balaban J connectivity index is 1.43. The van der Waals surface area contributed by atoms with E-state index in [1.807, 2.05) is 73.7 Å². The van der Waals surface area contributed by atoms with E-state index in [9.17, 15) is 4.79 Å². The lowest BCUT2D eigenvalue weighted by molar-refractivity contribution is -0.142. The fraction of sp³-hybridized carbons (Fsp3) is 0.190. The summed E-state index contributed by atoms with van der Waals surface area (Å²) in [7, 11) is 0. The van der Waals surface area contributed by atoms with Crippen LogP contribution in [-0.2, 0) is 16.0 Å². The van der Waals surface area contributed by atoms with Crippen molar-refractivity contribution in [1.82, 2.24) is 10.1 Å². The first-order chi connectivity index (χ1) is 12.7. The Labute approximate surface area is 152 Å². The van der Waals surface area contributed by atoms with Crippen LogP contribution >= 0.6 is 0 Å². The van der Waals surface area contributed by atoms with Crippen LogP contribution < -0.4 is 0 Å². The second-order valence-electron chi connectivity index (χ2n) is 5.87. The van der Waals surface area contributed by atoms with Crippen LogP contribution in [0.25, 0.3) is 17.5 Å². The molecule has 132 valence electrons. The summed E-state index contributed by atoms with van der Waals surface area (Å²) in [5, 5.41) is 3.95. The minimum absolute atomic E-state index is 0.203. The first kappa shape index (κ1) is 17.6. The summed E-state index contributed by atoms with van der Waals surface area (Å²) in [6.45, 7) is 2.26. The van der Waals surface area contributed by atoms with E-state index in [0.29, 0.717) is 18.1 Å². The number of benzene rings is 2. The van der Waals surface area contributed by atoms with E-state index in [1.165, 1.54) is 5.56 Å². The van der Waals surface area contributed by atoms with Crippen LogP contribution in [-0.4, -0.2) is 22.7 Å². The van der Waals surface area contributed by atoms with Gasteiger partial charge in [-0.05, 0) is 18.6 Å². The van der Waals surface area contributed by atoms with Gasteiger partial charge in [0.1, 0.15) is 6.61 Å². The Hall–Kier alpha value is -3.21. The van der Waals surface area contributed by atoms with Gasteiger partial charge in [-0.3, -0.25) is 4.79 Å². The molecular formula is C21H20N2O3. The van der Waals surface area contributed by atoms with Crippen LogP contribution in [0.5, 0.6) is 0 Å². The molecule has 0 saturated carbocycles. The molecule has 5 nitrogen and oxygen atoms in total. The molecule has 1 aromatic heterocycles. The van der Waals surface area contributed by atoms with Crippen molar-refractivity contribution in [3.63, 3.8) is 0 Å². The van der Waals surface area contributed by atoms with E-state index >= 15 is 0 Å². The van der Waals surface area contributed by atoms with Gasteiger partial charge < -0.3 is 9.26 Å². The first-order valence-electron chi connectivity index (χ1n) is 8.47. The third-order valence-corrected chi connectivity index (χ3v) is 3.77. The maximum atomic E-state index is 11.8. The molecular weight excluding hydrogens is 328 g/mol. The first-order valence-corrected chi connectivity index (χ1v) is 8.47. The van der Waals surface area contributed by atoms with Gasteiger partial charge in [0.2, 0.25) is 11.7 Å². The predicted octanol–water partition coefficient (Wildman–Crippen LogP) is 4.23. The number of carbonyl (C=O) groups excluding carboxylic acids is 1. The summed E-state index contributed by atoms with van der Waals surface area (Å²) in [5.74, 6) is 0.661. The molecule has 0 fully saturated rings. The molecule has 0 saturated heterocycles. The second-order valence-corrected chi connectivity index (χ2v) is 5.87. The third kappa shape index (κ3) is 5.14. The maximum Gasteiger partial charge on any atom is 0.306 e. The summed E-state index contributed by atoms with van der Waals surface area (Å²) >= 11 is 0. The predicted molar refractivity (Wildman–Crippen MR) is 99.2 cm³/mol. The van der Waals surface area contributed by atoms with Gasteiger partial charge >= 0.3 is 5.97 Å². The molecule has 0 N–H and O–H groups in total. The lowest BCUT2D eigenvalue weighted by atomic mass is 10.1. The third-order valence-electron chi connectivity index (χ3n) is 3.77. The van der Waals surface area contributed by atoms with E-state index in [1.54, 1.807) is 0 Å². The van der Waals surface area contributed by atoms with E-state index in [2.05, 4.69) is 10.1 Å². The Morgan fingerprint density at radius 1 is 1.12 bits per heavy atom. The Kier molecular flexibility index (Phi) is 5.93. The smallest absolute Gasteiger partial charge is 0.306 e. The van der Waals surface area contributed by atoms with Crippen molar-refractivity contribution in [3.05, 3.63) is 77.7 Å². The van der Waals surface area contributed by atoms with Crippen LogP contribution in [0, 0.1) is 6.92 Å². The van der Waals surface area contributed by atoms with Gasteiger partial charge in [-0.1, -0.05) is 71.4 Å². The molecule has 0 aliphatic carbocycles.